The molecule has 4 fully saturated rings. The Bertz CT molecular complexity index is 1340. The van der Waals surface area contributed by atoms with Gasteiger partial charge < -0.3 is 0 Å². The quantitative estimate of drug-likeness (QED) is 0.131. The van der Waals surface area contributed by atoms with E-state index < -0.39 is 7.80 Å². The average molecular weight is 765 g/mol. The summed E-state index contributed by atoms with van der Waals surface area (Å²) in [4.78, 5) is 13.7. The van der Waals surface area contributed by atoms with Gasteiger partial charge in [0.1, 0.15) is 0 Å². The van der Waals surface area contributed by atoms with Crippen LogP contribution in [-0.2, 0) is 13.0 Å². The molecule has 302 valence electrons. The number of rotatable bonds is 10. The molecule has 5 heteroatoms. The Morgan fingerprint density at radius 2 is 1.02 bits per heavy atom. The highest BCUT2D eigenvalue weighted by Crippen LogP contribution is 2.52. The van der Waals surface area contributed by atoms with Crippen LogP contribution in [0.15, 0.2) is 75.6 Å². The first-order valence-corrected chi connectivity index (χ1v) is 24.6. The Labute approximate surface area is 342 Å². The Morgan fingerprint density at radius 1 is 0.600 bits per heavy atom. The van der Waals surface area contributed by atoms with Crippen molar-refractivity contribution >= 4 is 27.1 Å². The molecule has 0 saturated heterocycles. The average Bonchev–Trinajstić information content (AvgIpc) is 3.20. The van der Waals surface area contributed by atoms with Crippen LogP contribution in [0.5, 0.6) is 0 Å². The minimum absolute atomic E-state index is 0.0353. The van der Waals surface area contributed by atoms with Gasteiger partial charge in [-0.3, -0.25) is 4.99 Å². The first kappa shape index (κ1) is 45.7. The van der Waals surface area contributed by atoms with Crippen molar-refractivity contribution in [1.82, 2.24) is 0 Å². The van der Waals surface area contributed by atoms with E-state index in [1.807, 2.05) is 51.1 Å². The zero-order valence-corrected chi connectivity index (χ0v) is 37.3. The summed E-state index contributed by atoms with van der Waals surface area (Å²) in [5, 5.41) is 0. The lowest BCUT2D eigenvalue weighted by molar-refractivity contribution is 0.193. The maximum atomic E-state index is 6.52. The van der Waals surface area contributed by atoms with E-state index in [2.05, 4.69) is 67.1 Å². The standard InChI is InChI=1S/C26H41N.C12H23BP.C12H16N2/c1-26(2,3)27-24(20-19-21-13-7-4-8-14-21)25(22-15-9-5-10-16-22)23-17-11-6-12-18-23;13-14(11-7-3-1-4-8-11)12-9-5-2-6-10-12;1-12(2,3)14-10-13-9-11-7-5-4-6-8-11/h4,7-8,13-14,22-23,25H,5-6,9-12,15-20H2,1-3H3;11-12,14H,1-10H2;4-8H,9H2,1-3H3/q;+1;. The number of aryl methyl sites for hydroxylation is 1. The molecule has 2 radical (unpaired) electrons. The molecule has 0 heterocycles. The van der Waals surface area contributed by atoms with E-state index in [1.165, 1.54) is 140 Å². The van der Waals surface area contributed by atoms with Gasteiger partial charge in [0, 0.05) is 11.6 Å². The van der Waals surface area contributed by atoms with E-state index in [0.29, 0.717) is 6.54 Å². The van der Waals surface area contributed by atoms with E-state index in [9.17, 15) is 0 Å². The summed E-state index contributed by atoms with van der Waals surface area (Å²) in [7, 11) is 6.03. The molecule has 55 heavy (non-hydrogen) atoms. The van der Waals surface area contributed by atoms with Crippen molar-refractivity contribution in [3.05, 3.63) is 71.8 Å². The third kappa shape index (κ3) is 18.4. The van der Waals surface area contributed by atoms with Gasteiger partial charge in [-0.05, 0) is 162 Å². The van der Waals surface area contributed by atoms with Crippen LogP contribution in [-0.4, -0.2) is 41.7 Å². The summed E-state index contributed by atoms with van der Waals surface area (Å²) in [6.45, 7) is 13.6. The van der Waals surface area contributed by atoms with Crippen LogP contribution >= 0.6 is 7.80 Å². The monoisotopic (exact) mass is 765 g/mol. The lowest BCUT2D eigenvalue weighted by Crippen LogP contribution is -2.35. The molecule has 0 spiro atoms. The van der Waals surface area contributed by atoms with Gasteiger partial charge in [-0.1, -0.05) is 112 Å². The van der Waals surface area contributed by atoms with E-state index in [0.717, 1.165) is 41.9 Å². The fourth-order valence-electron chi connectivity index (χ4n) is 9.66. The smallest absolute Gasteiger partial charge is 0.288 e. The fraction of sp³-hybridized carbons (Fsp3) is 0.720. The second kappa shape index (κ2) is 24.7. The summed E-state index contributed by atoms with van der Waals surface area (Å²) in [6, 6.07) is 23.9. The highest BCUT2D eigenvalue weighted by molar-refractivity contribution is 7.83. The van der Waals surface area contributed by atoms with E-state index in [-0.39, 0.29) is 11.1 Å². The molecule has 0 aromatic heterocycles. The summed E-state index contributed by atoms with van der Waals surface area (Å²) in [5.41, 5.74) is 6.10. The van der Waals surface area contributed by atoms with Gasteiger partial charge in [-0.25, -0.2) is 9.98 Å². The topological polar surface area (TPSA) is 37.1 Å². The van der Waals surface area contributed by atoms with E-state index in [4.69, 9.17) is 12.6 Å². The lowest BCUT2D eigenvalue weighted by atomic mass is 9.67. The SMILES string of the molecule is CC(C)(C)N=C(CCc1ccccc1)C(C1CCCCC1)C1CCCCC1.CC(C)(C)N=C=NCc1ccccc1.[B][PH+](C1CCCCC1)C1CCCCC1. The molecular formula is C50H80BN3P+. The van der Waals surface area contributed by atoms with Crippen molar-refractivity contribution < 1.29 is 0 Å². The molecule has 4 aliphatic rings. The third-order valence-electron chi connectivity index (χ3n) is 12.4. The van der Waals surface area contributed by atoms with Crippen molar-refractivity contribution in [3.63, 3.8) is 0 Å². The van der Waals surface area contributed by atoms with E-state index in [1.54, 1.807) is 5.71 Å². The molecule has 0 N–H and O–H groups in total. The number of nitrogens with zero attached hydrogens (tertiary/aromatic N) is 3. The molecule has 2 aromatic carbocycles. The molecular weight excluding hydrogens is 684 g/mol. The molecule has 0 aliphatic heterocycles. The molecule has 4 saturated carbocycles. The van der Waals surface area contributed by atoms with Crippen LogP contribution in [0.2, 0.25) is 0 Å². The molecule has 6 rings (SSSR count). The van der Waals surface area contributed by atoms with Gasteiger partial charge in [0.25, 0.3) is 0 Å². The second-order valence-electron chi connectivity index (χ2n) is 19.4. The van der Waals surface area contributed by atoms with Crippen molar-refractivity contribution in [2.75, 3.05) is 0 Å². The van der Waals surface area contributed by atoms with Gasteiger partial charge in [-0.15, -0.1) is 0 Å². The van der Waals surface area contributed by atoms with Crippen LogP contribution in [0.4, 0.5) is 0 Å². The highest BCUT2D eigenvalue weighted by atomic mass is 31.1. The number of hydrogen-bond donors (Lipinski definition) is 0. The molecule has 0 atom stereocenters. The summed E-state index contributed by atoms with van der Waals surface area (Å²) in [5.74, 6) is 2.52. The van der Waals surface area contributed by atoms with Gasteiger partial charge in [0.15, 0.2) is 0 Å². The van der Waals surface area contributed by atoms with Crippen LogP contribution in [0.1, 0.15) is 188 Å². The molecule has 0 bridgehead atoms. The van der Waals surface area contributed by atoms with Gasteiger partial charge >= 0.3 is 7.57 Å². The summed E-state index contributed by atoms with van der Waals surface area (Å²) in [6.07, 6.45) is 31.3. The lowest BCUT2D eigenvalue weighted by Gasteiger charge is -2.39. The van der Waals surface area contributed by atoms with Crippen molar-refractivity contribution in [1.29, 1.82) is 0 Å². The van der Waals surface area contributed by atoms with Gasteiger partial charge in [0.2, 0.25) is 0 Å². The first-order valence-electron chi connectivity index (χ1n) is 22.9. The minimum Gasteiger partial charge on any atom is -0.288 e. The maximum Gasteiger partial charge on any atom is 0.362 e. The summed E-state index contributed by atoms with van der Waals surface area (Å²) < 4.78 is 0. The Kier molecular flexibility index (Phi) is 20.5. The molecule has 2 aromatic rings. The number of hydrogen-bond acceptors (Lipinski definition) is 3. The van der Waals surface area contributed by atoms with Gasteiger partial charge in [0.05, 0.1) is 34.9 Å². The van der Waals surface area contributed by atoms with Gasteiger partial charge in [-0.2, -0.15) is 0 Å². The van der Waals surface area contributed by atoms with Crippen molar-refractivity contribution in [3.8, 4) is 0 Å². The van der Waals surface area contributed by atoms with E-state index >= 15 is 0 Å². The van der Waals surface area contributed by atoms with Crippen LogP contribution in [0.3, 0.4) is 0 Å². The third-order valence-corrected chi connectivity index (χ3v) is 15.4. The predicted octanol–water partition coefficient (Wildman–Crippen LogP) is 14.7. The largest absolute Gasteiger partial charge is 0.362 e. The molecule has 4 aliphatic carbocycles. The highest BCUT2D eigenvalue weighted by Gasteiger charge is 2.36. The van der Waals surface area contributed by atoms with Crippen molar-refractivity contribution in [2.45, 2.75) is 212 Å². The minimum atomic E-state index is -0.491. The predicted molar refractivity (Wildman–Crippen MR) is 246 cm³/mol. The Morgan fingerprint density at radius 3 is 1.44 bits per heavy atom. The fourth-order valence-corrected chi connectivity index (χ4v) is 12.5. The normalized spacial score (nSPS) is 19.8. The Hall–Kier alpha value is -2.02. The summed E-state index contributed by atoms with van der Waals surface area (Å²) >= 11 is 0. The zero-order chi connectivity index (χ0) is 39.4. The number of aliphatic imine (C=N–C) groups is 3. The molecule has 3 nitrogen and oxygen atoms in total. The van der Waals surface area contributed by atoms with Crippen LogP contribution in [0.25, 0.3) is 0 Å². The maximum absolute atomic E-state index is 6.52. The van der Waals surface area contributed by atoms with Crippen molar-refractivity contribution in [2.24, 2.45) is 32.7 Å². The second-order valence-corrected chi connectivity index (χ2v) is 22.1. The first-order chi connectivity index (χ1) is 26.5. The van der Waals surface area contributed by atoms with Crippen LogP contribution in [0, 0.1) is 17.8 Å². The zero-order valence-electron chi connectivity index (χ0n) is 36.3. The Balaban J connectivity index is 0.000000202. The van der Waals surface area contributed by atoms with Crippen LogP contribution < -0.4 is 0 Å². The number of benzene rings is 2. The molecule has 0 unspecified atom stereocenters. The molecule has 0 amide bonds.